The molecule has 8 heteroatoms. The van der Waals surface area contributed by atoms with E-state index >= 15 is 0 Å². The molecule has 1 rings (SSSR count). The van der Waals surface area contributed by atoms with Gasteiger partial charge in [-0.15, -0.1) is 0 Å². The lowest BCUT2D eigenvalue weighted by Gasteiger charge is -2.13. The smallest absolute Gasteiger partial charge is 0.393 e. The lowest BCUT2D eigenvalue weighted by molar-refractivity contribution is -0.384. The van der Waals surface area contributed by atoms with Crippen LogP contribution in [0.25, 0.3) is 0 Å². The summed E-state index contributed by atoms with van der Waals surface area (Å²) >= 11 is 5.44. The summed E-state index contributed by atoms with van der Waals surface area (Å²) in [4.78, 5) is 9.50. The van der Waals surface area contributed by atoms with Crippen molar-refractivity contribution in [3.8, 4) is 0 Å². The standard InChI is InChI=1S/C8H6ClF3N2O2/c1-3-2-4(14(15)16)7(13)5(6(3)9)8(10,11)12/h2H,13H2,1H3. The van der Waals surface area contributed by atoms with Crippen LogP contribution < -0.4 is 5.73 Å². The summed E-state index contributed by atoms with van der Waals surface area (Å²) in [6, 6.07) is 0.910. The first kappa shape index (κ1) is 12.6. The number of aryl methyl sites for hydroxylation is 1. The van der Waals surface area contributed by atoms with Crippen molar-refractivity contribution in [2.75, 3.05) is 5.73 Å². The zero-order valence-corrected chi connectivity index (χ0v) is 8.69. The fourth-order valence-corrected chi connectivity index (χ4v) is 1.48. The number of benzene rings is 1. The molecule has 0 amide bonds. The van der Waals surface area contributed by atoms with Crippen molar-refractivity contribution in [1.29, 1.82) is 0 Å². The van der Waals surface area contributed by atoms with Crippen LogP contribution in [0.2, 0.25) is 5.02 Å². The highest BCUT2D eigenvalue weighted by molar-refractivity contribution is 6.32. The summed E-state index contributed by atoms with van der Waals surface area (Å²) in [6.07, 6.45) is -4.82. The van der Waals surface area contributed by atoms with Gasteiger partial charge in [-0.05, 0) is 12.5 Å². The van der Waals surface area contributed by atoms with Crippen molar-refractivity contribution >= 4 is 23.0 Å². The van der Waals surface area contributed by atoms with Gasteiger partial charge in [-0.25, -0.2) is 0 Å². The van der Waals surface area contributed by atoms with Gasteiger partial charge in [0.1, 0.15) is 11.3 Å². The largest absolute Gasteiger partial charge is 0.420 e. The van der Waals surface area contributed by atoms with Gasteiger partial charge >= 0.3 is 6.18 Å². The normalized spacial score (nSPS) is 11.6. The van der Waals surface area contributed by atoms with E-state index in [0.717, 1.165) is 6.07 Å². The number of nitrogens with zero attached hydrogens (tertiary/aromatic N) is 1. The molecule has 0 aromatic heterocycles. The highest BCUT2D eigenvalue weighted by atomic mass is 35.5. The Bertz CT molecular complexity index is 460. The monoisotopic (exact) mass is 254 g/mol. The lowest BCUT2D eigenvalue weighted by atomic mass is 10.1. The van der Waals surface area contributed by atoms with Crippen LogP contribution in [0.3, 0.4) is 0 Å². The Kier molecular flexibility index (Phi) is 3.00. The Hall–Kier alpha value is -1.50. The number of nitro groups is 1. The molecule has 0 atom stereocenters. The van der Waals surface area contributed by atoms with Gasteiger partial charge in [-0.1, -0.05) is 11.6 Å². The summed E-state index contributed by atoms with van der Waals surface area (Å²) in [5.41, 5.74) is 1.93. The fourth-order valence-electron chi connectivity index (χ4n) is 1.22. The van der Waals surface area contributed by atoms with E-state index in [2.05, 4.69) is 0 Å². The molecule has 0 saturated heterocycles. The van der Waals surface area contributed by atoms with E-state index in [4.69, 9.17) is 17.3 Å². The second-order valence-corrected chi connectivity index (χ2v) is 3.45. The van der Waals surface area contributed by atoms with Crippen LogP contribution in [0.4, 0.5) is 24.5 Å². The quantitative estimate of drug-likeness (QED) is 0.475. The fraction of sp³-hybridized carbons (Fsp3) is 0.250. The topological polar surface area (TPSA) is 69.2 Å². The van der Waals surface area contributed by atoms with Crippen molar-refractivity contribution in [2.24, 2.45) is 0 Å². The zero-order valence-electron chi connectivity index (χ0n) is 7.93. The maximum absolute atomic E-state index is 12.5. The summed E-state index contributed by atoms with van der Waals surface area (Å²) in [5, 5.41) is 9.86. The van der Waals surface area contributed by atoms with Gasteiger partial charge in [0.15, 0.2) is 0 Å². The first-order chi connectivity index (χ1) is 7.16. The van der Waals surface area contributed by atoms with E-state index in [0.29, 0.717) is 0 Å². The van der Waals surface area contributed by atoms with Crippen molar-refractivity contribution in [3.63, 3.8) is 0 Å². The predicted molar refractivity (Wildman–Crippen MR) is 52.3 cm³/mol. The van der Waals surface area contributed by atoms with Gasteiger partial charge in [0.25, 0.3) is 5.69 Å². The molecular weight excluding hydrogens is 249 g/mol. The van der Waals surface area contributed by atoms with E-state index in [1.165, 1.54) is 6.92 Å². The Morgan fingerprint density at radius 1 is 1.50 bits per heavy atom. The number of hydrogen-bond acceptors (Lipinski definition) is 3. The van der Waals surface area contributed by atoms with Crippen LogP contribution in [0, 0.1) is 17.0 Å². The molecule has 0 aliphatic heterocycles. The summed E-state index contributed by atoms with van der Waals surface area (Å²) in [6.45, 7) is 1.24. The molecule has 0 heterocycles. The van der Waals surface area contributed by atoms with Crippen molar-refractivity contribution < 1.29 is 18.1 Å². The molecule has 1 aromatic rings. The Labute approximate surface area is 93.0 Å². The zero-order chi connectivity index (χ0) is 12.7. The van der Waals surface area contributed by atoms with E-state index in [-0.39, 0.29) is 5.56 Å². The second kappa shape index (κ2) is 3.82. The van der Waals surface area contributed by atoms with E-state index < -0.39 is 33.1 Å². The molecule has 0 aliphatic rings. The van der Waals surface area contributed by atoms with Gasteiger partial charge in [0, 0.05) is 6.07 Å². The van der Waals surface area contributed by atoms with Crippen LogP contribution >= 0.6 is 11.6 Å². The molecule has 0 unspecified atom stereocenters. The molecule has 0 fully saturated rings. The van der Waals surface area contributed by atoms with Crippen molar-refractivity contribution in [1.82, 2.24) is 0 Å². The molecule has 88 valence electrons. The van der Waals surface area contributed by atoms with Crippen LogP contribution in [0.15, 0.2) is 6.07 Å². The van der Waals surface area contributed by atoms with Crippen LogP contribution in [0.1, 0.15) is 11.1 Å². The van der Waals surface area contributed by atoms with Gasteiger partial charge < -0.3 is 5.73 Å². The number of alkyl halides is 3. The predicted octanol–water partition coefficient (Wildman–Crippen LogP) is 3.16. The minimum absolute atomic E-state index is 0.0464. The lowest BCUT2D eigenvalue weighted by Crippen LogP contribution is -2.12. The van der Waals surface area contributed by atoms with Gasteiger partial charge in [0.05, 0.1) is 9.95 Å². The minimum atomic E-state index is -4.82. The highest BCUT2D eigenvalue weighted by Crippen LogP contribution is 2.43. The van der Waals surface area contributed by atoms with Crippen LogP contribution in [-0.4, -0.2) is 4.92 Å². The number of nitrogens with two attached hydrogens (primary N) is 1. The van der Waals surface area contributed by atoms with Crippen LogP contribution in [-0.2, 0) is 6.18 Å². The van der Waals surface area contributed by atoms with E-state index in [1.807, 2.05) is 0 Å². The summed E-state index contributed by atoms with van der Waals surface area (Å²) < 4.78 is 37.6. The third kappa shape index (κ3) is 2.04. The van der Waals surface area contributed by atoms with Gasteiger partial charge in [-0.2, -0.15) is 13.2 Å². The second-order valence-electron chi connectivity index (χ2n) is 3.07. The molecule has 16 heavy (non-hydrogen) atoms. The van der Waals surface area contributed by atoms with Crippen molar-refractivity contribution in [3.05, 3.63) is 32.3 Å². The number of rotatable bonds is 1. The Morgan fingerprint density at radius 3 is 2.38 bits per heavy atom. The molecule has 0 aliphatic carbocycles. The highest BCUT2D eigenvalue weighted by Gasteiger charge is 2.39. The van der Waals surface area contributed by atoms with Gasteiger partial charge in [0.2, 0.25) is 0 Å². The molecule has 4 nitrogen and oxygen atoms in total. The van der Waals surface area contributed by atoms with Crippen molar-refractivity contribution in [2.45, 2.75) is 13.1 Å². The molecule has 0 saturated carbocycles. The first-order valence-corrected chi connectivity index (χ1v) is 4.34. The SMILES string of the molecule is Cc1cc([N+](=O)[O-])c(N)c(C(F)(F)F)c1Cl. The Balaban J connectivity index is 3.66. The Morgan fingerprint density at radius 2 is 2.00 bits per heavy atom. The number of anilines is 1. The average Bonchev–Trinajstić information content (AvgIpc) is 2.08. The molecule has 0 spiro atoms. The maximum Gasteiger partial charge on any atom is 0.420 e. The molecule has 2 N–H and O–H groups in total. The average molecular weight is 255 g/mol. The third-order valence-corrected chi connectivity index (χ3v) is 2.43. The molecular formula is C8H6ClF3N2O2. The summed E-state index contributed by atoms with van der Waals surface area (Å²) in [7, 11) is 0. The molecule has 0 radical (unpaired) electrons. The van der Waals surface area contributed by atoms with Gasteiger partial charge in [-0.3, -0.25) is 10.1 Å². The van der Waals surface area contributed by atoms with Crippen LogP contribution in [0.5, 0.6) is 0 Å². The molecule has 0 bridgehead atoms. The number of nitrogen functional groups attached to an aromatic ring is 1. The summed E-state index contributed by atoms with van der Waals surface area (Å²) in [5.74, 6) is 0. The number of halogens is 4. The molecule has 1 aromatic carbocycles. The number of nitro benzene ring substituents is 1. The van der Waals surface area contributed by atoms with E-state index in [1.54, 1.807) is 0 Å². The minimum Gasteiger partial charge on any atom is -0.393 e. The van der Waals surface area contributed by atoms with E-state index in [9.17, 15) is 23.3 Å². The first-order valence-electron chi connectivity index (χ1n) is 3.96. The third-order valence-electron chi connectivity index (χ3n) is 1.94. The number of hydrogen-bond donors (Lipinski definition) is 1. The maximum atomic E-state index is 12.5.